The van der Waals surface area contributed by atoms with E-state index in [-0.39, 0.29) is 11.9 Å². The number of rotatable bonds is 8. The van der Waals surface area contributed by atoms with Crippen LogP contribution in [0.3, 0.4) is 0 Å². The minimum atomic E-state index is -0.290. The summed E-state index contributed by atoms with van der Waals surface area (Å²) in [7, 11) is 4.85. The summed E-state index contributed by atoms with van der Waals surface area (Å²) in [5.74, 6) is 3.13. The Bertz CT molecular complexity index is 1170. The predicted molar refractivity (Wildman–Crippen MR) is 136 cm³/mol. The SMILES string of the molecule is COc1cccc(C(=O)N2CCc3cc(OC)c(OC)cc3C2COc2ccc(C(C)C)cc2)c1. The van der Waals surface area contributed by atoms with Crippen molar-refractivity contribution in [1.82, 2.24) is 4.90 Å². The van der Waals surface area contributed by atoms with E-state index in [4.69, 9.17) is 18.9 Å². The van der Waals surface area contributed by atoms with Gasteiger partial charge in [0.1, 0.15) is 18.1 Å². The third-order valence-corrected chi connectivity index (χ3v) is 6.53. The van der Waals surface area contributed by atoms with E-state index in [1.807, 2.05) is 47.4 Å². The number of hydrogen-bond acceptors (Lipinski definition) is 5. The van der Waals surface area contributed by atoms with Gasteiger partial charge < -0.3 is 23.8 Å². The highest BCUT2D eigenvalue weighted by Crippen LogP contribution is 2.39. The average molecular weight is 476 g/mol. The Labute approximate surface area is 207 Å². The topological polar surface area (TPSA) is 57.2 Å². The molecular weight excluding hydrogens is 442 g/mol. The normalized spacial score (nSPS) is 14.9. The van der Waals surface area contributed by atoms with Gasteiger partial charge in [-0.2, -0.15) is 0 Å². The number of fused-ring (bicyclic) bond motifs is 1. The number of hydrogen-bond donors (Lipinski definition) is 0. The molecule has 184 valence electrons. The Balaban J connectivity index is 1.68. The van der Waals surface area contributed by atoms with Gasteiger partial charge in [0.25, 0.3) is 5.91 Å². The van der Waals surface area contributed by atoms with Gasteiger partial charge in [-0.1, -0.05) is 32.0 Å². The lowest BCUT2D eigenvalue weighted by molar-refractivity contribution is 0.0589. The highest BCUT2D eigenvalue weighted by Gasteiger charge is 2.33. The first-order chi connectivity index (χ1) is 16.9. The van der Waals surface area contributed by atoms with Crippen LogP contribution in [0.15, 0.2) is 60.7 Å². The number of amides is 1. The van der Waals surface area contributed by atoms with Crippen LogP contribution in [0.2, 0.25) is 0 Å². The minimum Gasteiger partial charge on any atom is -0.497 e. The van der Waals surface area contributed by atoms with Crippen molar-refractivity contribution in [2.45, 2.75) is 32.2 Å². The molecule has 1 aliphatic heterocycles. The number of carbonyl (C=O) groups excluding carboxylic acids is 1. The molecule has 1 unspecified atom stereocenters. The highest BCUT2D eigenvalue weighted by molar-refractivity contribution is 5.95. The van der Waals surface area contributed by atoms with E-state index in [9.17, 15) is 4.79 Å². The molecule has 1 amide bonds. The molecule has 0 bridgehead atoms. The Kier molecular flexibility index (Phi) is 7.49. The summed E-state index contributed by atoms with van der Waals surface area (Å²) in [6.07, 6.45) is 0.713. The molecule has 3 aromatic carbocycles. The largest absolute Gasteiger partial charge is 0.497 e. The average Bonchev–Trinajstić information content (AvgIpc) is 2.90. The number of carbonyl (C=O) groups is 1. The van der Waals surface area contributed by atoms with Crippen LogP contribution in [-0.4, -0.2) is 45.3 Å². The van der Waals surface area contributed by atoms with Crippen molar-refractivity contribution in [1.29, 1.82) is 0 Å². The molecule has 1 heterocycles. The summed E-state index contributed by atoms with van der Waals surface area (Å²) < 4.78 is 22.7. The molecule has 0 spiro atoms. The maximum atomic E-state index is 13.7. The quantitative estimate of drug-likeness (QED) is 0.421. The van der Waals surface area contributed by atoms with Gasteiger partial charge in [0.15, 0.2) is 11.5 Å². The zero-order valence-corrected chi connectivity index (χ0v) is 21.0. The van der Waals surface area contributed by atoms with Crippen molar-refractivity contribution in [3.63, 3.8) is 0 Å². The summed E-state index contributed by atoms with van der Waals surface area (Å²) in [4.78, 5) is 15.5. The van der Waals surface area contributed by atoms with Crippen LogP contribution < -0.4 is 18.9 Å². The van der Waals surface area contributed by atoms with Crippen LogP contribution in [0.1, 0.15) is 52.9 Å². The minimum absolute atomic E-state index is 0.0620. The Morgan fingerprint density at radius 3 is 2.29 bits per heavy atom. The van der Waals surface area contributed by atoms with Gasteiger partial charge in [-0.15, -0.1) is 0 Å². The molecule has 0 saturated carbocycles. The molecule has 0 N–H and O–H groups in total. The van der Waals surface area contributed by atoms with Crippen LogP contribution >= 0.6 is 0 Å². The summed E-state index contributed by atoms with van der Waals surface area (Å²) in [5.41, 5.74) is 3.97. The smallest absolute Gasteiger partial charge is 0.254 e. The third-order valence-electron chi connectivity index (χ3n) is 6.53. The molecule has 4 rings (SSSR count). The maximum Gasteiger partial charge on any atom is 0.254 e. The van der Waals surface area contributed by atoms with E-state index < -0.39 is 0 Å². The van der Waals surface area contributed by atoms with Crippen molar-refractivity contribution in [2.24, 2.45) is 0 Å². The first-order valence-electron chi connectivity index (χ1n) is 11.9. The molecule has 6 heteroatoms. The molecule has 0 fully saturated rings. The fourth-order valence-corrected chi connectivity index (χ4v) is 4.50. The van der Waals surface area contributed by atoms with Crippen molar-refractivity contribution in [3.05, 3.63) is 82.9 Å². The molecule has 0 saturated heterocycles. The first kappa shape index (κ1) is 24.5. The lowest BCUT2D eigenvalue weighted by Gasteiger charge is -2.37. The summed E-state index contributed by atoms with van der Waals surface area (Å²) in [5, 5.41) is 0. The van der Waals surface area contributed by atoms with Crippen molar-refractivity contribution in [2.75, 3.05) is 34.5 Å². The predicted octanol–water partition coefficient (Wildman–Crippen LogP) is 5.65. The monoisotopic (exact) mass is 475 g/mol. The van der Waals surface area contributed by atoms with Crippen LogP contribution in [0.5, 0.6) is 23.0 Å². The van der Waals surface area contributed by atoms with Gasteiger partial charge in [0.05, 0.1) is 27.4 Å². The number of nitrogens with zero attached hydrogens (tertiary/aromatic N) is 1. The fourth-order valence-electron chi connectivity index (χ4n) is 4.50. The van der Waals surface area contributed by atoms with Gasteiger partial charge in [-0.05, 0) is 71.5 Å². The molecule has 1 atom stereocenters. The standard InChI is InChI=1S/C29H33NO5/c1-19(2)20-9-11-23(12-10-20)35-18-26-25-17-28(34-5)27(33-4)16-21(25)13-14-30(26)29(31)22-7-6-8-24(15-22)32-3/h6-12,15-17,19,26H,13-14,18H2,1-5H3. The van der Waals surface area contributed by atoms with E-state index in [1.165, 1.54) is 5.56 Å². The second kappa shape index (κ2) is 10.7. The van der Waals surface area contributed by atoms with Crippen molar-refractivity contribution >= 4 is 5.91 Å². The summed E-state index contributed by atoms with van der Waals surface area (Å²) in [6.45, 7) is 5.22. The van der Waals surface area contributed by atoms with Crippen molar-refractivity contribution in [3.8, 4) is 23.0 Å². The van der Waals surface area contributed by atoms with Gasteiger partial charge >= 0.3 is 0 Å². The molecule has 0 radical (unpaired) electrons. The van der Waals surface area contributed by atoms with Gasteiger partial charge in [-0.25, -0.2) is 0 Å². The van der Waals surface area contributed by atoms with Crippen LogP contribution in [-0.2, 0) is 6.42 Å². The Hall–Kier alpha value is -3.67. The van der Waals surface area contributed by atoms with Gasteiger partial charge in [0.2, 0.25) is 0 Å². The van der Waals surface area contributed by atoms with E-state index >= 15 is 0 Å². The van der Waals surface area contributed by atoms with Gasteiger partial charge in [0, 0.05) is 12.1 Å². The molecule has 0 aromatic heterocycles. The zero-order valence-electron chi connectivity index (χ0n) is 21.0. The van der Waals surface area contributed by atoms with E-state index in [0.29, 0.717) is 48.3 Å². The zero-order chi connectivity index (χ0) is 24.9. The molecular formula is C29H33NO5. The highest BCUT2D eigenvalue weighted by atomic mass is 16.5. The Morgan fingerprint density at radius 1 is 0.914 bits per heavy atom. The number of ether oxygens (including phenoxy) is 4. The van der Waals surface area contributed by atoms with Gasteiger partial charge in [-0.3, -0.25) is 4.79 Å². The first-order valence-corrected chi connectivity index (χ1v) is 11.9. The third kappa shape index (κ3) is 5.21. The molecule has 1 aliphatic rings. The second-order valence-electron chi connectivity index (χ2n) is 8.94. The van der Waals surface area contributed by atoms with E-state index in [2.05, 4.69) is 26.0 Å². The summed E-state index contributed by atoms with van der Waals surface area (Å²) in [6, 6.07) is 19.1. The second-order valence-corrected chi connectivity index (χ2v) is 8.94. The maximum absolute atomic E-state index is 13.7. The molecule has 0 aliphatic carbocycles. The van der Waals surface area contributed by atoms with Crippen LogP contribution in [0.4, 0.5) is 0 Å². The fraction of sp³-hybridized carbons (Fsp3) is 0.345. The molecule has 3 aromatic rings. The van der Waals surface area contributed by atoms with Crippen LogP contribution in [0, 0.1) is 0 Å². The van der Waals surface area contributed by atoms with E-state index in [0.717, 1.165) is 16.9 Å². The number of methoxy groups -OCH3 is 3. The lowest BCUT2D eigenvalue weighted by Crippen LogP contribution is -2.42. The van der Waals surface area contributed by atoms with E-state index in [1.54, 1.807) is 27.4 Å². The molecule has 6 nitrogen and oxygen atoms in total. The number of benzene rings is 3. The lowest BCUT2D eigenvalue weighted by atomic mass is 9.91. The summed E-state index contributed by atoms with van der Waals surface area (Å²) >= 11 is 0. The van der Waals surface area contributed by atoms with Crippen molar-refractivity contribution < 1.29 is 23.7 Å². The molecule has 35 heavy (non-hydrogen) atoms. The Morgan fingerprint density at radius 2 is 1.63 bits per heavy atom. The van der Waals surface area contributed by atoms with Crippen LogP contribution in [0.25, 0.3) is 0 Å².